The molecule has 1 amide bonds. The highest BCUT2D eigenvalue weighted by Crippen LogP contribution is 2.27. The minimum atomic E-state index is -3.90. The zero-order valence-electron chi connectivity index (χ0n) is 24.4. The van der Waals surface area contributed by atoms with E-state index in [1.165, 1.54) is 23.5 Å². The molecule has 1 unspecified atom stereocenters. The molecule has 0 saturated carbocycles. The van der Waals surface area contributed by atoms with Crippen LogP contribution < -0.4 is 19.7 Å². The van der Waals surface area contributed by atoms with Crippen LogP contribution >= 0.6 is 0 Å². The summed E-state index contributed by atoms with van der Waals surface area (Å²) in [6.45, 7) is 3.16. The van der Waals surface area contributed by atoms with E-state index in [4.69, 9.17) is 14.5 Å². The van der Waals surface area contributed by atoms with Gasteiger partial charge in [0.25, 0.3) is 0 Å². The normalized spacial score (nSPS) is 15.7. The minimum Gasteiger partial charge on any atom is -0.497 e. The second-order valence-electron chi connectivity index (χ2n) is 10.2. The number of nitrogens with zero attached hydrogens (tertiary/aromatic N) is 6. The van der Waals surface area contributed by atoms with Gasteiger partial charge >= 0.3 is 0 Å². The van der Waals surface area contributed by atoms with Gasteiger partial charge in [-0.3, -0.25) is 9.36 Å². The molecule has 2 aromatic carbocycles. The first-order chi connectivity index (χ1) is 20.8. The zero-order chi connectivity index (χ0) is 30.4. The molecule has 5 rings (SSSR count). The van der Waals surface area contributed by atoms with Crippen LogP contribution in [-0.4, -0.2) is 84.6 Å². The molecular weight excluding hydrogens is 570 g/mol. The lowest BCUT2D eigenvalue weighted by molar-refractivity contribution is -0.121. The van der Waals surface area contributed by atoms with Gasteiger partial charge in [0.05, 0.1) is 25.2 Å². The van der Waals surface area contributed by atoms with Crippen molar-refractivity contribution < 1.29 is 22.7 Å². The van der Waals surface area contributed by atoms with Crippen molar-refractivity contribution in [2.75, 3.05) is 45.3 Å². The molecule has 1 aliphatic rings. The Morgan fingerprint density at radius 3 is 2.35 bits per heavy atom. The highest BCUT2D eigenvalue weighted by atomic mass is 32.2. The number of hydrogen-bond donors (Lipinski definition) is 1. The topological polar surface area (TPSA) is 132 Å². The minimum absolute atomic E-state index is 0.00700. The predicted octanol–water partition coefficient (Wildman–Crippen LogP) is 2.62. The maximum Gasteiger partial charge on any atom is 0.243 e. The van der Waals surface area contributed by atoms with E-state index in [2.05, 4.69) is 15.3 Å². The SMILES string of the molecule is COc1ccc(CCNC(=O)CC2CN(c3cc(C)nc(-n4ccnc4)n3)CCN2S(=O)(=O)c2ccc(OC)cc2)cc1. The maximum absolute atomic E-state index is 13.8. The lowest BCUT2D eigenvalue weighted by Crippen LogP contribution is -2.56. The Morgan fingerprint density at radius 2 is 1.70 bits per heavy atom. The van der Waals surface area contributed by atoms with Gasteiger partial charge in [0.15, 0.2) is 0 Å². The molecule has 2 aromatic heterocycles. The second kappa shape index (κ2) is 13.2. The van der Waals surface area contributed by atoms with E-state index in [0.29, 0.717) is 37.0 Å². The monoisotopic (exact) mass is 605 g/mol. The molecule has 3 heterocycles. The average molecular weight is 606 g/mol. The number of piperazine rings is 1. The molecule has 0 aliphatic carbocycles. The smallest absolute Gasteiger partial charge is 0.243 e. The van der Waals surface area contributed by atoms with E-state index in [0.717, 1.165) is 17.0 Å². The molecular formula is C30H35N7O5S. The highest BCUT2D eigenvalue weighted by molar-refractivity contribution is 7.89. The van der Waals surface area contributed by atoms with Gasteiger partial charge in [0, 0.05) is 56.8 Å². The van der Waals surface area contributed by atoms with E-state index in [9.17, 15) is 13.2 Å². The van der Waals surface area contributed by atoms with Gasteiger partial charge in [-0.15, -0.1) is 0 Å². The van der Waals surface area contributed by atoms with Crippen molar-refractivity contribution in [3.05, 3.63) is 84.6 Å². The number of carbonyl (C=O) groups is 1. The van der Waals surface area contributed by atoms with Crippen LogP contribution in [0.15, 0.2) is 78.2 Å². The van der Waals surface area contributed by atoms with Gasteiger partial charge in [-0.2, -0.15) is 9.29 Å². The van der Waals surface area contributed by atoms with Gasteiger partial charge in [0.1, 0.15) is 23.6 Å². The summed E-state index contributed by atoms with van der Waals surface area (Å²) in [6.07, 6.45) is 5.66. The molecule has 1 atom stereocenters. The largest absolute Gasteiger partial charge is 0.497 e. The van der Waals surface area contributed by atoms with Gasteiger partial charge < -0.3 is 19.7 Å². The molecule has 1 N–H and O–H groups in total. The number of aromatic nitrogens is 4. The van der Waals surface area contributed by atoms with Crippen LogP contribution in [0.3, 0.4) is 0 Å². The molecule has 0 radical (unpaired) electrons. The maximum atomic E-state index is 13.8. The Kier molecular flexibility index (Phi) is 9.22. The Morgan fingerprint density at radius 1 is 1.00 bits per heavy atom. The van der Waals surface area contributed by atoms with Crippen molar-refractivity contribution >= 4 is 21.7 Å². The molecule has 0 bridgehead atoms. The summed E-state index contributed by atoms with van der Waals surface area (Å²) in [4.78, 5) is 28.6. The summed E-state index contributed by atoms with van der Waals surface area (Å²) < 4.78 is 41.2. The Hall–Kier alpha value is -4.49. The third-order valence-electron chi connectivity index (χ3n) is 7.30. The van der Waals surface area contributed by atoms with Crippen LogP contribution in [0.5, 0.6) is 11.5 Å². The Balaban J connectivity index is 1.35. The fraction of sp³-hybridized carbons (Fsp3) is 0.333. The molecule has 13 heteroatoms. The lowest BCUT2D eigenvalue weighted by Gasteiger charge is -2.41. The molecule has 1 saturated heterocycles. The average Bonchev–Trinajstić information content (AvgIpc) is 3.56. The van der Waals surface area contributed by atoms with Gasteiger partial charge in [-0.1, -0.05) is 12.1 Å². The number of imidazole rings is 1. The zero-order valence-corrected chi connectivity index (χ0v) is 25.2. The van der Waals surface area contributed by atoms with Crippen molar-refractivity contribution in [3.63, 3.8) is 0 Å². The molecule has 226 valence electrons. The molecule has 43 heavy (non-hydrogen) atoms. The summed E-state index contributed by atoms with van der Waals surface area (Å²) >= 11 is 0. The third kappa shape index (κ3) is 7.12. The number of aryl methyl sites for hydroxylation is 1. The van der Waals surface area contributed by atoms with Crippen molar-refractivity contribution in [2.24, 2.45) is 0 Å². The van der Waals surface area contributed by atoms with Crippen LogP contribution in [0.25, 0.3) is 5.95 Å². The van der Waals surface area contributed by atoms with Crippen LogP contribution in [0.1, 0.15) is 17.7 Å². The number of anilines is 1. The number of nitrogens with one attached hydrogen (secondary N) is 1. The number of ether oxygens (including phenoxy) is 2. The molecule has 0 spiro atoms. The van der Waals surface area contributed by atoms with E-state index >= 15 is 0 Å². The predicted molar refractivity (Wildman–Crippen MR) is 161 cm³/mol. The summed E-state index contributed by atoms with van der Waals surface area (Å²) in [5, 5.41) is 2.96. The number of methoxy groups -OCH3 is 2. The van der Waals surface area contributed by atoms with E-state index in [1.54, 1.807) is 42.5 Å². The van der Waals surface area contributed by atoms with Crippen molar-refractivity contribution in [2.45, 2.75) is 30.7 Å². The first-order valence-corrected chi connectivity index (χ1v) is 15.4. The number of hydrogen-bond acceptors (Lipinski definition) is 9. The highest BCUT2D eigenvalue weighted by Gasteiger charge is 2.38. The van der Waals surface area contributed by atoms with Crippen LogP contribution in [0.4, 0.5) is 5.82 Å². The summed E-state index contributed by atoms with van der Waals surface area (Å²) in [6, 6.07) is 15.2. The van der Waals surface area contributed by atoms with Crippen molar-refractivity contribution in [1.82, 2.24) is 29.1 Å². The first kappa shape index (κ1) is 30.0. The summed E-state index contributed by atoms with van der Waals surface area (Å²) in [7, 11) is -0.753. The number of sulfonamides is 1. The van der Waals surface area contributed by atoms with Gasteiger partial charge in [-0.05, 0) is 55.3 Å². The lowest BCUT2D eigenvalue weighted by atomic mass is 10.1. The van der Waals surface area contributed by atoms with Crippen LogP contribution in [-0.2, 0) is 21.2 Å². The van der Waals surface area contributed by atoms with Gasteiger partial charge in [0.2, 0.25) is 21.9 Å². The van der Waals surface area contributed by atoms with Gasteiger partial charge in [-0.25, -0.2) is 18.4 Å². The summed E-state index contributed by atoms with van der Waals surface area (Å²) in [5.41, 5.74) is 1.82. The van der Waals surface area contributed by atoms with E-state index in [-0.39, 0.29) is 30.3 Å². The number of carbonyl (C=O) groups excluding carboxylic acids is 1. The fourth-order valence-corrected chi connectivity index (χ4v) is 6.64. The molecule has 12 nitrogen and oxygen atoms in total. The second-order valence-corrected chi connectivity index (χ2v) is 12.1. The van der Waals surface area contributed by atoms with E-state index < -0.39 is 16.1 Å². The molecule has 1 fully saturated rings. The van der Waals surface area contributed by atoms with E-state index in [1.807, 2.05) is 42.2 Å². The quantitative estimate of drug-likeness (QED) is 0.274. The van der Waals surface area contributed by atoms with Crippen LogP contribution in [0.2, 0.25) is 0 Å². The number of amides is 1. The van der Waals surface area contributed by atoms with Crippen molar-refractivity contribution in [1.29, 1.82) is 0 Å². The number of rotatable bonds is 11. The molecule has 4 aromatic rings. The Bertz CT molecular complexity index is 1630. The summed E-state index contributed by atoms with van der Waals surface area (Å²) in [5.74, 6) is 2.22. The third-order valence-corrected chi connectivity index (χ3v) is 9.26. The molecule has 1 aliphatic heterocycles. The van der Waals surface area contributed by atoms with Crippen molar-refractivity contribution in [3.8, 4) is 17.4 Å². The fourth-order valence-electron chi connectivity index (χ4n) is 5.03. The van der Waals surface area contributed by atoms with Crippen LogP contribution in [0, 0.1) is 6.92 Å². The first-order valence-electron chi connectivity index (χ1n) is 13.9. The Labute approximate surface area is 251 Å². The number of benzene rings is 2. The standard InChI is InChI=1S/C30H35N7O5S/c1-22-18-28(34-30(33-22)36-15-14-31-21-36)35-16-17-37(43(39,40)27-10-8-26(42-3)9-11-27)24(20-35)19-29(38)32-13-12-23-4-6-25(41-2)7-5-23/h4-11,14-15,18,21,24H,12-13,16-17,19-20H2,1-3H3,(H,32,38).